The molecule has 1 unspecified atom stereocenters. The standard InChI is InChI=1S/C33H35BrN2O7/c1-22(2)28(30(39)43-29(24-15-9-5-10-16-24)25-17-11-6-12-18-25)36-31(40)33(41-3,32(36)42-21-26(37)20-34)35-27(38)19-23-13-7-4-8-14-23/h4-18,26,29,32,37H,19-21H2,1-3H3,(H,35,38)/t26?,32-,33+/m1/s1. The van der Waals surface area contributed by atoms with Crippen LogP contribution < -0.4 is 5.32 Å². The fourth-order valence-corrected chi connectivity index (χ4v) is 5.03. The minimum atomic E-state index is -1.93. The molecule has 1 saturated heterocycles. The van der Waals surface area contributed by atoms with Crippen LogP contribution in [0.3, 0.4) is 0 Å². The maximum atomic E-state index is 13.9. The topological polar surface area (TPSA) is 114 Å². The molecule has 2 amide bonds. The first-order valence-corrected chi connectivity index (χ1v) is 14.9. The summed E-state index contributed by atoms with van der Waals surface area (Å²) in [6.07, 6.45) is -2.96. The fraction of sp³-hybridized carbons (Fsp3) is 0.303. The summed E-state index contributed by atoms with van der Waals surface area (Å²) in [4.78, 5) is 42.0. The molecule has 4 rings (SSSR count). The lowest BCUT2D eigenvalue weighted by Gasteiger charge is -2.54. The number of allylic oxidation sites excluding steroid dienone is 1. The monoisotopic (exact) mass is 650 g/mol. The molecule has 0 radical (unpaired) electrons. The number of alkyl halides is 1. The maximum Gasteiger partial charge on any atom is 0.356 e. The van der Waals surface area contributed by atoms with E-state index < -0.39 is 41.9 Å². The lowest BCUT2D eigenvalue weighted by Crippen LogP contribution is -2.82. The Labute approximate surface area is 259 Å². The summed E-state index contributed by atoms with van der Waals surface area (Å²) in [7, 11) is 1.27. The number of methoxy groups -OCH3 is 1. The van der Waals surface area contributed by atoms with E-state index in [4.69, 9.17) is 14.2 Å². The molecule has 1 heterocycles. The van der Waals surface area contributed by atoms with E-state index in [9.17, 15) is 19.5 Å². The van der Waals surface area contributed by atoms with Gasteiger partial charge in [0.2, 0.25) is 5.91 Å². The molecule has 3 aromatic carbocycles. The van der Waals surface area contributed by atoms with Crippen molar-refractivity contribution < 1.29 is 33.7 Å². The Kier molecular flexibility index (Phi) is 10.9. The van der Waals surface area contributed by atoms with Gasteiger partial charge in [0.05, 0.1) is 19.1 Å². The van der Waals surface area contributed by atoms with Crippen molar-refractivity contribution in [1.82, 2.24) is 10.2 Å². The van der Waals surface area contributed by atoms with Crippen LogP contribution in [-0.2, 0) is 35.0 Å². The molecule has 43 heavy (non-hydrogen) atoms. The molecule has 0 bridgehead atoms. The Hall–Kier alpha value is -3.83. The van der Waals surface area contributed by atoms with Crippen molar-refractivity contribution in [3.8, 4) is 0 Å². The minimum Gasteiger partial charge on any atom is -0.448 e. The van der Waals surface area contributed by atoms with Gasteiger partial charge in [-0.1, -0.05) is 107 Å². The molecular weight excluding hydrogens is 616 g/mol. The van der Waals surface area contributed by atoms with Gasteiger partial charge >= 0.3 is 5.97 Å². The first-order chi connectivity index (χ1) is 20.7. The molecule has 0 spiro atoms. The largest absolute Gasteiger partial charge is 0.448 e. The molecule has 1 fully saturated rings. The highest BCUT2D eigenvalue weighted by Crippen LogP contribution is 2.39. The van der Waals surface area contributed by atoms with Crippen molar-refractivity contribution in [2.75, 3.05) is 19.0 Å². The zero-order valence-electron chi connectivity index (χ0n) is 24.2. The third kappa shape index (κ3) is 7.22. The number of benzene rings is 3. The Morgan fingerprint density at radius 2 is 1.49 bits per heavy atom. The summed E-state index contributed by atoms with van der Waals surface area (Å²) < 4.78 is 17.7. The molecule has 0 saturated carbocycles. The average Bonchev–Trinajstić information content (AvgIpc) is 3.02. The number of halogens is 1. The van der Waals surface area contributed by atoms with Gasteiger partial charge in [-0.3, -0.25) is 14.5 Å². The molecule has 9 nitrogen and oxygen atoms in total. The first kappa shape index (κ1) is 32.1. The molecule has 2 N–H and O–H groups in total. The van der Waals surface area contributed by atoms with Crippen LogP contribution in [-0.4, -0.2) is 64.9 Å². The molecule has 3 aromatic rings. The second-order valence-electron chi connectivity index (χ2n) is 10.3. The van der Waals surface area contributed by atoms with Crippen LogP contribution in [0.15, 0.2) is 102 Å². The van der Waals surface area contributed by atoms with Gasteiger partial charge < -0.3 is 24.6 Å². The third-order valence-electron chi connectivity index (χ3n) is 6.94. The number of nitrogens with one attached hydrogen (secondary N) is 1. The van der Waals surface area contributed by atoms with Gasteiger partial charge in [-0.15, -0.1) is 0 Å². The third-order valence-corrected chi connectivity index (χ3v) is 7.68. The summed E-state index contributed by atoms with van der Waals surface area (Å²) in [6.45, 7) is 3.14. The lowest BCUT2D eigenvalue weighted by atomic mass is 9.95. The van der Waals surface area contributed by atoms with Gasteiger partial charge in [0, 0.05) is 12.4 Å². The predicted octanol–water partition coefficient (Wildman–Crippen LogP) is 4.26. The SMILES string of the molecule is CO[C@@]1(NC(=O)Cc2ccccc2)C(=O)N(C(C(=O)OC(c2ccccc2)c2ccccc2)=C(C)C)[C@@H]1OCC(O)CBr. The number of aliphatic hydroxyl groups excluding tert-OH is 1. The van der Waals surface area contributed by atoms with E-state index in [1.165, 1.54) is 7.11 Å². The summed E-state index contributed by atoms with van der Waals surface area (Å²) in [5.74, 6) is -1.95. The van der Waals surface area contributed by atoms with Crippen LogP contribution >= 0.6 is 15.9 Å². The highest BCUT2D eigenvalue weighted by molar-refractivity contribution is 9.09. The Morgan fingerprint density at radius 3 is 1.98 bits per heavy atom. The zero-order valence-corrected chi connectivity index (χ0v) is 25.8. The second kappa shape index (κ2) is 14.6. The number of carbonyl (C=O) groups is 3. The van der Waals surface area contributed by atoms with E-state index in [1.807, 2.05) is 78.9 Å². The van der Waals surface area contributed by atoms with Crippen LogP contribution in [0.1, 0.15) is 36.6 Å². The summed E-state index contributed by atoms with van der Waals surface area (Å²) in [6, 6.07) is 27.6. The number of likely N-dealkylation sites (tertiary alicyclic amines) is 1. The minimum absolute atomic E-state index is 0.0106. The van der Waals surface area contributed by atoms with Crippen molar-refractivity contribution >= 4 is 33.7 Å². The van der Waals surface area contributed by atoms with Gasteiger partial charge in [0.25, 0.3) is 11.6 Å². The smallest absolute Gasteiger partial charge is 0.356 e. The van der Waals surface area contributed by atoms with Crippen LogP contribution in [0.25, 0.3) is 0 Å². The lowest BCUT2D eigenvalue weighted by molar-refractivity contribution is -0.258. The maximum absolute atomic E-state index is 13.9. The molecule has 10 heteroatoms. The summed E-state index contributed by atoms with van der Waals surface area (Å²) in [5, 5.41) is 13.1. The number of ether oxygens (including phenoxy) is 3. The quantitative estimate of drug-likeness (QED) is 0.0934. The summed E-state index contributed by atoms with van der Waals surface area (Å²) in [5.41, 5.74) is 0.731. The second-order valence-corrected chi connectivity index (χ2v) is 10.9. The predicted molar refractivity (Wildman–Crippen MR) is 164 cm³/mol. The zero-order chi connectivity index (χ0) is 31.0. The number of aliphatic hydroxyl groups is 1. The van der Waals surface area contributed by atoms with E-state index in [2.05, 4.69) is 21.2 Å². The van der Waals surface area contributed by atoms with Gasteiger partial charge in [-0.2, -0.15) is 0 Å². The van der Waals surface area contributed by atoms with Gasteiger partial charge in [-0.25, -0.2) is 4.79 Å². The van der Waals surface area contributed by atoms with Crippen LogP contribution in [0.5, 0.6) is 0 Å². The van der Waals surface area contributed by atoms with Crippen LogP contribution in [0, 0.1) is 0 Å². The molecule has 3 atom stereocenters. The fourth-order valence-electron chi connectivity index (χ4n) is 4.84. The summed E-state index contributed by atoms with van der Waals surface area (Å²) >= 11 is 3.21. The number of rotatable bonds is 13. The van der Waals surface area contributed by atoms with E-state index in [0.717, 1.165) is 21.6 Å². The van der Waals surface area contributed by atoms with Crippen molar-refractivity contribution in [1.29, 1.82) is 0 Å². The number of hydrogen-bond acceptors (Lipinski definition) is 7. The van der Waals surface area contributed by atoms with Gasteiger partial charge in [0.15, 0.2) is 12.3 Å². The molecule has 0 aromatic heterocycles. The van der Waals surface area contributed by atoms with Gasteiger partial charge in [0.1, 0.15) is 5.70 Å². The van der Waals surface area contributed by atoms with Crippen molar-refractivity contribution in [2.24, 2.45) is 0 Å². The van der Waals surface area contributed by atoms with E-state index >= 15 is 0 Å². The Morgan fingerprint density at radius 1 is 0.953 bits per heavy atom. The van der Waals surface area contributed by atoms with Crippen molar-refractivity contribution in [3.63, 3.8) is 0 Å². The Balaban J connectivity index is 1.65. The molecule has 1 aliphatic heterocycles. The number of hydrogen-bond donors (Lipinski definition) is 2. The average molecular weight is 652 g/mol. The van der Waals surface area contributed by atoms with E-state index in [0.29, 0.717) is 5.57 Å². The molecule has 226 valence electrons. The first-order valence-electron chi connectivity index (χ1n) is 13.8. The van der Waals surface area contributed by atoms with Crippen LogP contribution in [0.2, 0.25) is 0 Å². The number of β-lactam (4-membered cyclic amide) rings is 1. The highest BCUT2D eigenvalue weighted by atomic mass is 79.9. The molecular formula is C33H35BrN2O7. The molecule has 0 aliphatic carbocycles. The number of esters is 1. The normalized spacial score (nSPS) is 18.5. The van der Waals surface area contributed by atoms with Crippen molar-refractivity contribution in [3.05, 3.63) is 119 Å². The van der Waals surface area contributed by atoms with Crippen LogP contribution in [0.4, 0.5) is 0 Å². The van der Waals surface area contributed by atoms with E-state index in [1.54, 1.807) is 26.0 Å². The van der Waals surface area contributed by atoms with Crippen molar-refractivity contribution in [2.45, 2.75) is 44.4 Å². The number of carbonyl (C=O) groups excluding carboxylic acids is 3. The Bertz CT molecular complexity index is 1390. The highest BCUT2D eigenvalue weighted by Gasteiger charge is 2.66. The van der Waals surface area contributed by atoms with Gasteiger partial charge in [-0.05, 0) is 36.1 Å². The number of amides is 2. The van der Waals surface area contributed by atoms with E-state index in [-0.39, 0.29) is 24.1 Å². The number of nitrogens with zero attached hydrogens (tertiary/aromatic N) is 1. The molecule has 1 aliphatic rings.